The van der Waals surface area contributed by atoms with Crippen LogP contribution in [0.25, 0.3) is 0 Å². The minimum Gasteiger partial charge on any atom is -0.491 e. The molecule has 2 aromatic carbocycles. The first-order chi connectivity index (χ1) is 16.5. The average Bonchev–Trinajstić information content (AvgIpc) is 3.32. The van der Waals surface area contributed by atoms with Gasteiger partial charge < -0.3 is 14.5 Å². The lowest BCUT2D eigenvalue weighted by molar-refractivity contribution is -0.135. The molecule has 4 rings (SSSR count). The average molecular weight is 479 g/mol. The lowest BCUT2D eigenvalue weighted by Crippen LogP contribution is -2.48. The van der Waals surface area contributed by atoms with E-state index in [0.717, 1.165) is 23.3 Å². The molecule has 1 aliphatic heterocycles. The predicted molar refractivity (Wildman–Crippen MR) is 132 cm³/mol. The van der Waals surface area contributed by atoms with Crippen LogP contribution in [0.5, 0.6) is 5.75 Å². The summed E-state index contributed by atoms with van der Waals surface area (Å²) in [6.45, 7) is 6.52. The number of amides is 2. The first kappa shape index (κ1) is 23.7. The summed E-state index contributed by atoms with van der Waals surface area (Å²) >= 11 is 1.68. The molecular weight excluding hydrogens is 451 g/mol. The maximum atomic E-state index is 14.2. The highest BCUT2D eigenvalue weighted by Gasteiger charge is 2.33. The number of thiophene rings is 1. The van der Waals surface area contributed by atoms with Crippen LogP contribution in [-0.2, 0) is 11.2 Å². The second-order valence-corrected chi connectivity index (χ2v) is 9.23. The largest absolute Gasteiger partial charge is 0.491 e. The summed E-state index contributed by atoms with van der Waals surface area (Å²) in [5, 5.41) is 2.03. The van der Waals surface area contributed by atoms with Crippen molar-refractivity contribution in [2.75, 3.05) is 26.2 Å². The lowest BCUT2D eigenvalue weighted by Gasteiger charge is -2.37. The molecule has 3 aromatic rings. The molecule has 1 aromatic heterocycles. The molecule has 1 atom stereocenters. The van der Waals surface area contributed by atoms with Crippen molar-refractivity contribution >= 4 is 23.2 Å². The smallest absolute Gasteiger partial charge is 0.257 e. The van der Waals surface area contributed by atoms with Crippen LogP contribution in [0.1, 0.15) is 32.4 Å². The Morgan fingerprint density at radius 1 is 1.21 bits per heavy atom. The number of carbonyl (C=O) groups excluding carboxylic acids is 2. The summed E-state index contributed by atoms with van der Waals surface area (Å²) in [5.41, 5.74) is 2.16. The number of hydrogen-bond donors (Lipinski definition) is 0. The molecule has 1 aliphatic rings. The Bertz CT molecular complexity index is 1170. The van der Waals surface area contributed by atoms with Gasteiger partial charge in [0.2, 0.25) is 5.91 Å². The zero-order valence-corrected chi connectivity index (χ0v) is 19.9. The van der Waals surface area contributed by atoms with Gasteiger partial charge in [-0.25, -0.2) is 4.39 Å². The number of hydrogen-bond acceptors (Lipinski definition) is 4. The summed E-state index contributed by atoms with van der Waals surface area (Å²) < 4.78 is 20.3. The minimum atomic E-state index is -0.612. The van der Waals surface area contributed by atoms with Crippen molar-refractivity contribution in [1.82, 2.24) is 9.80 Å². The SMILES string of the molecule is C=CCN(CC(=O)N1CCc2sccc2C1COc1ccc(C)cc1)C(=O)c1ccccc1F. The quantitative estimate of drug-likeness (QED) is 0.427. The van der Waals surface area contributed by atoms with Gasteiger partial charge in [-0.3, -0.25) is 9.59 Å². The minimum absolute atomic E-state index is 0.0600. The third-order valence-electron chi connectivity index (χ3n) is 5.91. The van der Waals surface area contributed by atoms with Crippen LogP contribution in [0.3, 0.4) is 0 Å². The van der Waals surface area contributed by atoms with Crippen molar-refractivity contribution < 1.29 is 18.7 Å². The third kappa shape index (κ3) is 5.20. The standard InChI is InChI=1S/C27H27FN2O3S/c1-3-14-29(27(32)21-6-4-5-7-23(21)28)17-26(31)30-15-12-25-22(13-16-34-25)24(30)18-33-20-10-8-19(2)9-11-20/h3-11,13,16,24H,1,12,14-15,17-18H2,2H3. The van der Waals surface area contributed by atoms with Gasteiger partial charge in [0.15, 0.2) is 0 Å². The fourth-order valence-corrected chi connectivity index (χ4v) is 5.05. The van der Waals surface area contributed by atoms with E-state index in [0.29, 0.717) is 13.2 Å². The molecule has 2 amide bonds. The molecule has 0 fully saturated rings. The van der Waals surface area contributed by atoms with Gasteiger partial charge in [0.1, 0.15) is 24.7 Å². The highest BCUT2D eigenvalue weighted by molar-refractivity contribution is 7.10. The van der Waals surface area contributed by atoms with E-state index in [1.807, 2.05) is 42.6 Å². The number of nitrogens with zero attached hydrogens (tertiary/aromatic N) is 2. The molecule has 0 bridgehead atoms. The normalized spacial score (nSPS) is 14.9. The molecule has 0 N–H and O–H groups in total. The van der Waals surface area contributed by atoms with E-state index in [1.54, 1.807) is 22.3 Å². The number of aryl methyl sites for hydroxylation is 1. The van der Waals surface area contributed by atoms with Gasteiger partial charge in [-0.1, -0.05) is 35.9 Å². The fourth-order valence-electron chi connectivity index (χ4n) is 4.12. The number of carbonyl (C=O) groups is 2. The van der Waals surface area contributed by atoms with Gasteiger partial charge >= 0.3 is 0 Å². The highest BCUT2D eigenvalue weighted by Crippen LogP contribution is 2.34. The van der Waals surface area contributed by atoms with E-state index in [2.05, 4.69) is 6.58 Å². The van der Waals surface area contributed by atoms with Crippen LogP contribution in [0.4, 0.5) is 4.39 Å². The Labute approximate surface area is 203 Å². The van der Waals surface area contributed by atoms with E-state index in [1.165, 1.54) is 34.1 Å². The molecule has 0 spiro atoms. The topological polar surface area (TPSA) is 49.9 Å². The first-order valence-corrected chi connectivity index (χ1v) is 12.1. The van der Waals surface area contributed by atoms with Gasteiger partial charge in [0.25, 0.3) is 5.91 Å². The zero-order valence-electron chi connectivity index (χ0n) is 19.1. The van der Waals surface area contributed by atoms with Crippen molar-refractivity contribution in [2.24, 2.45) is 0 Å². The van der Waals surface area contributed by atoms with E-state index in [4.69, 9.17) is 4.74 Å². The fraction of sp³-hybridized carbons (Fsp3) is 0.259. The molecule has 34 heavy (non-hydrogen) atoms. The molecule has 7 heteroatoms. The van der Waals surface area contributed by atoms with Crippen LogP contribution >= 0.6 is 11.3 Å². The molecule has 0 radical (unpaired) electrons. The van der Waals surface area contributed by atoms with Gasteiger partial charge in [0, 0.05) is 18.0 Å². The van der Waals surface area contributed by atoms with E-state index in [-0.39, 0.29) is 30.6 Å². The number of benzene rings is 2. The summed E-state index contributed by atoms with van der Waals surface area (Å²) in [6.07, 6.45) is 2.29. The lowest BCUT2D eigenvalue weighted by atomic mass is 10.0. The molecule has 176 valence electrons. The number of rotatable bonds is 8. The Morgan fingerprint density at radius 3 is 2.71 bits per heavy atom. The van der Waals surface area contributed by atoms with Crippen LogP contribution < -0.4 is 4.74 Å². The maximum absolute atomic E-state index is 14.2. The summed E-state index contributed by atoms with van der Waals surface area (Å²) in [5.74, 6) is -0.615. The predicted octanol–water partition coefficient (Wildman–Crippen LogP) is 5.03. The molecule has 5 nitrogen and oxygen atoms in total. The second-order valence-electron chi connectivity index (χ2n) is 8.23. The first-order valence-electron chi connectivity index (χ1n) is 11.2. The van der Waals surface area contributed by atoms with Crippen LogP contribution in [0, 0.1) is 12.7 Å². The molecule has 2 heterocycles. The van der Waals surface area contributed by atoms with Crippen LogP contribution in [0.15, 0.2) is 72.6 Å². The summed E-state index contributed by atoms with van der Waals surface area (Å²) in [6, 6.07) is 15.4. The maximum Gasteiger partial charge on any atom is 0.257 e. The molecule has 1 unspecified atom stereocenters. The molecule has 0 saturated carbocycles. The monoisotopic (exact) mass is 478 g/mol. The van der Waals surface area contributed by atoms with Crippen molar-refractivity contribution in [3.05, 3.63) is 100 Å². The summed E-state index contributed by atoms with van der Waals surface area (Å²) in [7, 11) is 0. The van der Waals surface area contributed by atoms with Crippen molar-refractivity contribution in [1.29, 1.82) is 0 Å². The molecule has 0 saturated heterocycles. The van der Waals surface area contributed by atoms with Gasteiger partial charge in [-0.2, -0.15) is 0 Å². The highest BCUT2D eigenvalue weighted by atomic mass is 32.1. The Hall–Kier alpha value is -3.45. The van der Waals surface area contributed by atoms with Gasteiger partial charge in [0.05, 0.1) is 11.6 Å². The second kappa shape index (κ2) is 10.7. The third-order valence-corrected chi connectivity index (χ3v) is 6.91. The van der Waals surface area contributed by atoms with Crippen molar-refractivity contribution in [3.8, 4) is 5.75 Å². The number of ether oxygens (including phenoxy) is 1. The van der Waals surface area contributed by atoms with Crippen molar-refractivity contribution in [3.63, 3.8) is 0 Å². The number of fused-ring (bicyclic) bond motifs is 1. The Morgan fingerprint density at radius 2 is 1.97 bits per heavy atom. The Balaban J connectivity index is 1.53. The van der Waals surface area contributed by atoms with Crippen LogP contribution in [-0.4, -0.2) is 47.9 Å². The Kier molecular flexibility index (Phi) is 7.43. The van der Waals surface area contributed by atoms with E-state index in [9.17, 15) is 14.0 Å². The van der Waals surface area contributed by atoms with E-state index < -0.39 is 11.7 Å². The molecule has 0 aliphatic carbocycles. The van der Waals surface area contributed by atoms with E-state index >= 15 is 0 Å². The van der Waals surface area contributed by atoms with Gasteiger partial charge in [-0.15, -0.1) is 17.9 Å². The van der Waals surface area contributed by atoms with Crippen molar-refractivity contribution in [2.45, 2.75) is 19.4 Å². The van der Waals surface area contributed by atoms with Crippen LogP contribution in [0.2, 0.25) is 0 Å². The molecular formula is C27H27FN2O3S. The summed E-state index contributed by atoms with van der Waals surface area (Å²) in [4.78, 5) is 30.8. The number of halogens is 1. The zero-order chi connectivity index (χ0) is 24.1. The van der Waals surface area contributed by atoms with Gasteiger partial charge in [-0.05, 0) is 54.6 Å².